The lowest BCUT2D eigenvalue weighted by Gasteiger charge is -2.11. The smallest absolute Gasteiger partial charge is 0.324 e. The summed E-state index contributed by atoms with van der Waals surface area (Å²) >= 11 is 0. The van der Waals surface area contributed by atoms with Crippen LogP contribution >= 0.6 is 0 Å². The lowest BCUT2D eigenvalue weighted by Crippen LogP contribution is -2.21. The number of nitrogens with one attached hydrogen (secondary N) is 2. The third kappa shape index (κ3) is 6.18. The van der Waals surface area contributed by atoms with E-state index in [1.54, 1.807) is 28.9 Å². The van der Waals surface area contributed by atoms with Crippen molar-refractivity contribution in [2.24, 2.45) is 0 Å². The molecule has 2 heterocycles. The van der Waals surface area contributed by atoms with Gasteiger partial charge in [-0.25, -0.2) is 19.4 Å². The van der Waals surface area contributed by atoms with Crippen molar-refractivity contribution in [3.05, 3.63) is 78.8 Å². The largest absolute Gasteiger partial charge is 0.439 e. The number of rotatable bonds is 6. The lowest BCUT2D eigenvalue weighted by molar-refractivity contribution is 0.262. The molecule has 1 aliphatic carbocycles. The molecule has 0 unspecified atom stereocenters. The maximum atomic E-state index is 12.8. The molecule has 5 rings (SSSR count). The van der Waals surface area contributed by atoms with E-state index in [1.807, 2.05) is 50.2 Å². The molecule has 1 saturated carbocycles. The summed E-state index contributed by atoms with van der Waals surface area (Å²) in [4.78, 5) is 20.6. The summed E-state index contributed by atoms with van der Waals surface area (Å²) in [6, 6.07) is 19.9. The van der Waals surface area contributed by atoms with Gasteiger partial charge in [0.1, 0.15) is 23.7 Å². The van der Waals surface area contributed by atoms with Crippen molar-refractivity contribution < 1.29 is 9.53 Å². The summed E-state index contributed by atoms with van der Waals surface area (Å²) in [5.74, 6) is 2.30. The van der Waals surface area contributed by atoms with Crippen LogP contribution in [0.1, 0.15) is 51.1 Å². The van der Waals surface area contributed by atoms with Crippen LogP contribution in [0.5, 0.6) is 11.6 Å². The predicted octanol–water partition coefficient (Wildman–Crippen LogP) is 6.36. The van der Waals surface area contributed by atoms with Crippen molar-refractivity contribution >= 4 is 23.4 Å². The maximum absolute atomic E-state index is 12.8. The van der Waals surface area contributed by atoms with E-state index in [0.29, 0.717) is 34.9 Å². The number of aromatic nitrogens is 4. The number of hydrogen-bond acceptors (Lipinski definition) is 6. The number of para-hydroxylation sites is 1. The molecule has 2 aromatic carbocycles. The maximum Gasteiger partial charge on any atom is 0.324 e. The summed E-state index contributed by atoms with van der Waals surface area (Å²) < 4.78 is 7.45. The van der Waals surface area contributed by atoms with Crippen LogP contribution in [0.2, 0.25) is 0 Å². The molecule has 1 aliphatic rings. The van der Waals surface area contributed by atoms with Gasteiger partial charge in [-0.2, -0.15) is 5.10 Å². The van der Waals surface area contributed by atoms with Gasteiger partial charge in [0, 0.05) is 23.7 Å². The minimum absolute atomic E-state index is 0.325. The van der Waals surface area contributed by atoms with Gasteiger partial charge >= 0.3 is 6.03 Å². The molecule has 0 spiro atoms. The summed E-state index contributed by atoms with van der Waals surface area (Å²) in [6.07, 6.45) is 6.04. The van der Waals surface area contributed by atoms with Crippen molar-refractivity contribution in [1.82, 2.24) is 19.7 Å². The monoisotopic (exact) mass is 485 g/mol. The van der Waals surface area contributed by atoms with Crippen LogP contribution < -0.4 is 21.1 Å². The minimum Gasteiger partial charge on any atom is -0.439 e. The average Bonchev–Trinajstić information content (AvgIpc) is 3.58. The Hall–Kier alpha value is -4.40. The highest BCUT2D eigenvalue weighted by molar-refractivity contribution is 5.99. The molecule has 0 aliphatic heterocycles. The molecule has 186 valence electrons. The Balaban J connectivity index is 0.00000148. The number of hydrogen-bond donors (Lipinski definition) is 3. The fraction of sp³-hybridized carbons (Fsp3) is 0.259. The van der Waals surface area contributed by atoms with Crippen LogP contribution in [0.25, 0.3) is 5.69 Å². The Morgan fingerprint density at radius 3 is 2.39 bits per heavy atom. The second-order valence-corrected chi connectivity index (χ2v) is 8.17. The first-order valence-electron chi connectivity index (χ1n) is 12.2. The number of nitrogen functional groups attached to an aromatic ring is 1. The van der Waals surface area contributed by atoms with E-state index in [0.717, 1.165) is 24.2 Å². The van der Waals surface area contributed by atoms with E-state index in [-0.39, 0.29) is 6.03 Å². The number of urea groups is 1. The summed E-state index contributed by atoms with van der Waals surface area (Å²) in [5.41, 5.74) is 8.18. The third-order valence-corrected chi connectivity index (χ3v) is 5.74. The van der Waals surface area contributed by atoms with Gasteiger partial charge in [0.15, 0.2) is 0 Å². The molecule has 0 saturated heterocycles. The molecule has 4 aromatic rings. The Labute approximate surface area is 210 Å². The van der Waals surface area contributed by atoms with Crippen LogP contribution in [0.15, 0.2) is 73.1 Å². The highest BCUT2D eigenvalue weighted by Crippen LogP contribution is 2.35. The van der Waals surface area contributed by atoms with Gasteiger partial charge < -0.3 is 15.8 Å². The molecule has 1 fully saturated rings. The molecule has 4 N–H and O–H groups in total. The molecule has 0 bridgehead atoms. The zero-order valence-electron chi connectivity index (χ0n) is 20.5. The molecule has 9 heteroatoms. The number of amides is 2. The number of carbonyl (C=O) groups is 1. The number of nitrogens with zero attached hydrogens (tertiary/aromatic N) is 4. The molecule has 0 atom stereocenters. The van der Waals surface area contributed by atoms with E-state index in [4.69, 9.17) is 15.6 Å². The zero-order valence-corrected chi connectivity index (χ0v) is 20.5. The van der Waals surface area contributed by atoms with Gasteiger partial charge in [-0.05, 0) is 49.2 Å². The van der Waals surface area contributed by atoms with E-state index >= 15 is 0 Å². The van der Waals surface area contributed by atoms with Crippen LogP contribution in [0.4, 0.5) is 22.1 Å². The van der Waals surface area contributed by atoms with Gasteiger partial charge in [0.25, 0.3) is 0 Å². The van der Waals surface area contributed by atoms with Crippen molar-refractivity contribution in [3.63, 3.8) is 0 Å². The molecule has 9 nitrogen and oxygen atoms in total. The summed E-state index contributed by atoms with van der Waals surface area (Å²) in [6.45, 7) is 4.00. The Kier molecular flexibility index (Phi) is 8.12. The minimum atomic E-state index is -0.354. The van der Waals surface area contributed by atoms with Crippen molar-refractivity contribution in [2.75, 3.05) is 16.4 Å². The number of benzene rings is 2. The van der Waals surface area contributed by atoms with Crippen LogP contribution in [-0.2, 0) is 0 Å². The Morgan fingerprint density at radius 2 is 1.69 bits per heavy atom. The third-order valence-electron chi connectivity index (χ3n) is 5.74. The fourth-order valence-corrected chi connectivity index (χ4v) is 4.09. The van der Waals surface area contributed by atoms with E-state index < -0.39 is 0 Å². The SMILES string of the molecule is CC.Nc1cc(Oc2ccc(NC(=O)Nc3cc(C4CCCC4)nn3-c3ccccc3)cc2)ncn1. The van der Waals surface area contributed by atoms with Crippen LogP contribution in [-0.4, -0.2) is 25.8 Å². The first-order chi connectivity index (χ1) is 17.6. The van der Waals surface area contributed by atoms with Gasteiger partial charge in [-0.3, -0.25) is 5.32 Å². The van der Waals surface area contributed by atoms with Crippen LogP contribution in [0.3, 0.4) is 0 Å². The molecule has 2 aromatic heterocycles. The lowest BCUT2D eigenvalue weighted by atomic mass is 10.0. The number of ether oxygens (including phenoxy) is 1. The average molecular weight is 486 g/mol. The van der Waals surface area contributed by atoms with Gasteiger partial charge in [0.2, 0.25) is 5.88 Å². The first kappa shape index (κ1) is 24.7. The van der Waals surface area contributed by atoms with Crippen LogP contribution in [0, 0.1) is 0 Å². The second kappa shape index (κ2) is 11.8. The normalized spacial score (nSPS) is 12.9. The van der Waals surface area contributed by atoms with Crippen molar-refractivity contribution in [3.8, 4) is 17.3 Å². The highest BCUT2D eigenvalue weighted by Gasteiger charge is 2.22. The number of carbonyl (C=O) groups excluding carboxylic acids is 1. The van der Waals surface area contributed by atoms with Crippen molar-refractivity contribution in [2.45, 2.75) is 45.4 Å². The second-order valence-electron chi connectivity index (χ2n) is 8.17. The number of anilines is 3. The molecular weight excluding hydrogens is 454 g/mol. The quantitative estimate of drug-likeness (QED) is 0.292. The number of nitrogens with two attached hydrogens (primary N) is 1. The predicted molar refractivity (Wildman–Crippen MR) is 142 cm³/mol. The summed E-state index contributed by atoms with van der Waals surface area (Å²) in [5, 5.41) is 10.6. The fourth-order valence-electron chi connectivity index (χ4n) is 4.09. The standard InChI is InChI=1S/C25H25N7O2.C2H6/c26-22-15-24(28-16-27-22)34-20-12-10-18(11-13-20)29-25(33)30-23-14-21(17-6-4-5-7-17)31-32(23)19-8-2-1-3-9-19;1-2/h1-3,8-17H,4-7H2,(H2,26,27,28)(H2,29,30,33);1-2H3. The zero-order chi connectivity index (χ0) is 25.3. The Bertz CT molecular complexity index is 1270. The van der Waals surface area contributed by atoms with Crippen molar-refractivity contribution in [1.29, 1.82) is 0 Å². The first-order valence-corrected chi connectivity index (χ1v) is 12.2. The molecular formula is C27H31N7O2. The van der Waals surface area contributed by atoms with Gasteiger partial charge in [-0.1, -0.05) is 44.9 Å². The van der Waals surface area contributed by atoms with E-state index in [2.05, 4.69) is 20.6 Å². The highest BCUT2D eigenvalue weighted by atomic mass is 16.5. The molecule has 0 radical (unpaired) electrons. The van der Waals surface area contributed by atoms with E-state index in [1.165, 1.54) is 25.2 Å². The van der Waals surface area contributed by atoms with Gasteiger partial charge in [0.05, 0.1) is 11.4 Å². The summed E-state index contributed by atoms with van der Waals surface area (Å²) in [7, 11) is 0. The topological polar surface area (TPSA) is 120 Å². The van der Waals surface area contributed by atoms with Gasteiger partial charge in [-0.15, -0.1) is 0 Å². The van der Waals surface area contributed by atoms with E-state index in [9.17, 15) is 4.79 Å². The molecule has 36 heavy (non-hydrogen) atoms. The Morgan fingerprint density at radius 1 is 0.972 bits per heavy atom. The molecule has 2 amide bonds.